The lowest BCUT2D eigenvalue weighted by atomic mass is 9.98. The van der Waals surface area contributed by atoms with E-state index in [1.165, 1.54) is 12.8 Å². The van der Waals surface area contributed by atoms with Gasteiger partial charge in [-0.3, -0.25) is 4.90 Å². The van der Waals surface area contributed by atoms with Crippen LogP contribution in [0.1, 0.15) is 43.9 Å². The highest BCUT2D eigenvalue weighted by Gasteiger charge is 2.20. The Hall–Kier alpha value is -1.59. The minimum absolute atomic E-state index is 0.213. The molecule has 1 saturated heterocycles. The first-order valence-corrected chi connectivity index (χ1v) is 8.96. The van der Waals surface area contributed by atoms with E-state index >= 15 is 0 Å². The maximum Gasteiger partial charge on any atom is 0.314 e. The van der Waals surface area contributed by atoms with Crippen molar-refractivity contribution in [3.63, 3.8) is 0 Å². The monoisotopic (exact) mass is 333 g/mol. The van der Waals surface area contributed by atoms with Gasteiger partial charge in [-0.25, -0.2) is 4.79 Å². The minimum atomic E-state index is -0.683. The number of aliphatic hydroxyl groups is 1. The number of nitrogens with zero attached hydrogens (tertiary/aromatic N) is 1. The van der Waals surface area contributed by atoms with Crippen molar-refractivity contribution in [1.29, 1.82) is 0 Å². The third-order valence-corrected chi connectivity index (χ3v) is 4.92. The fourth-order valence-electron chi connectivity index (χ4n) is 3.00. The van der Waals surface area contributed by atoms with Crippen molar-refractivity contribution in [2.45, 2.75) is 45.8 Å². The van der Waals surface area contributed by atoms with Crippen LogP contribution >= 0.6 is 0 Å². The van der Waals surface area contributed by atoms with Crippen molar-refractivity contribution in [2.24, 2.45) is 5.92 Å². The molecule has 0 radical (unpaired) electrons. The molecule has 2 atom stereocenters. The Bertz CT molecular complexity index is 510. The van der Waals surface area contributed by atoms with Crippen LogP contribution in [0, 0.1) is 12.8 Å². The Labute approximate surface area is 145 Å². The van der Waals surface area contributed by atoms with Crippen molar-refractivity contribution >= 4 is 6.03 Å². The number of hydrogen-bond donors (Lipinski definition) is 3. The van der Waals surface area contributed by atoms with E-state index < -0.39 is 6.10 Å². The van der Waals surface area contributed by atoms with Gasteiger partial charge < -0.3 is 15.7 Å². The molecule has 5 nitrogen and oxygen atoms in total. The van der Waals surface area contributed by atoms with Crippen LogP contribution < -0.4 is 10.6 Å². The van der Waals surface area contributed by atoms with Gasteiger partial charge in [0.1, 0.15) is 0 Å². The number of urea groups is 1. The summed E-state index contributed by atoms with van der Waals surface area (Å²) in [4.78, 5) is 14.4. The molecule has 2 rings (SSSR count). The molecule has 2 unspecified atom stereocenters. The highest BCUT2D eigenvalue weighted by atomic mass is 16.3. The highest BCUT2D eigenvalue weighted by Crippen LogP contribution is 2.17. The number of rotatable bonds is 6. The quantitative estimate of drug-likeness (QED) is 0.749. The average molecular weight is 333 g/mol. The first kappa shape index (κ1) is 18.7. The number of hydrogen-bond acceptors (Lipinski definition) is 3. The fraction of sp³-hybridized carbons (Fsp3) is 0.632. The Kier molecular flexibility index (Phi) is 7.06. The molecule has 1 aliphatic rings. The molecule has 5 heteroatoms. The Morgan fingerprint density at radius 3 is 2.42 bits per heavy atom. The maximum absolute atomic E-state index is 11.9. The zero-order valence-electron chi connectivity index (χ0n) is 15.1. The van der Waals surface area contributed by atoms with Gasteiger partial charge in [-0.2, -0.15) is 0 Å². The van der Waals surface area contributed by atoms with Crippen molar-refractivity contribution in [3.8, 4) is 0 Å². The van der Waals surface area contributed by atoms with Crippen LogP contribution in [0.4, 0.5) is 4.79 Å². The first-order valence-electron chi connectivity index (χ1n) is 8.96. The van der Waals surface area contributed by atoms with Crippen LogP contribution in [0.2, 0.25) is 0 Å². The summed E-state index contributed by atoms with van der Waals surface area (Å²) in [5.41, 5.74) is 1.97. The molecule has 0 aromatic heterocycles. The van der Waals surface area contributed by atoms with E-state index in [1.807, 2.05) is 31.2 Å². The minimum Gasteiger partial charge on any atom is -0.387 e. The van der Waals surface area contributed by atoms with Crippen LogP contribution in [0.25, 0.3) is 0 Å². The van der Waals surface area contributed by atoms with Gasteiger partial charge in [0.25, 0.3) is 0 Å². The van der Waals surface area contributed by atoms with Crippen LogP contribution in [0.3, 0.4) is 0 Å². The van der Waals surface area contributed by atoms with Crippen molar-refractivity contribution in [2.75, 3.05) is 26.2 Å². The van der Waals surface area contributed by atoms with Crippen molar-refractivity contribution in [1.82, 2.24) is 15.5 Å². The SMILES string of the molecule is Cc1ccc(C(O)CNC(=O)NCC(C)N2CCC(C)CC2)cc1. The number of benzene rings is 1. The smallest absolute Gasteiger partial charge is 0.314 e. The zero-order valence-corrected chi connectivity index (χ0v) is 15.1. The molecule has 0 spiro atoms. The third kappa shape index (κ3) is 5.80. The highest BCUT2D eigenvalue weighted by molar-refractivity contribution is 5.73. The van der Waals surface area contributed by atoms with Gasteiger partial charge in [0.15, 0.2) is 0 Å². The molecular formula is C19H31N3O2. The van der Waals surface area contributed by atoms with Gasteiger partial charge in [0, 0.05) is 19.1 Å². The number of likely N-dealkylation sites (tertiary alicyclic amines) is 1. The molecule has 0 bridgehead atoms. The van der Waals surface area contributed by atoms with E-state index in [2.05, 4.69) is 29.4 Å². The van der Waals surface area contributed by atoms with E-state index in [9.17, 15) is 9.90 Å². The van der Waals surface area contributed by atoms with E-state index in [0.29, 0.717) is 12.6 Å². The lowest BCUT2D eigenvalue weighted by Gasteiger charge is -2.35. The Balaban J connectivity index is 1.66. The number of aryl methyl sites for hydroxylation is 1. The van der Waals surface area contributed by atoms with E-state index in [-0.39, 0.29) is 12.6 Å². The summed E-state index contributed by atoms with van der Waals surface area (Å²) in [7, 11) is 0. The standard InChI is InChI=1S/C19H31N3O2/c1-14-4-6-17(7-5-14)18(23)13-21-19(24)20-12-16(3)22-10-8-15(2)9-11-22/h4-7,15-16,18,23H,8-13H2,1-3H3,(H2,20,21,24). The second-order valence-electron chi connectivity index (χ2n) is 7.08. The zero-order chi connectivity index (χ0) is 17.5. The number of aliphatic hydroxyl groups excluding tert-OH is 1. The van der Waals surface area contributed by atoms with Crippen molar-refractivity contribution in [3.05, 3.63) is 35.4 Å². The number of carbonyl (C=O) groups is 1. The number of carbonyl (C=O) groups excluding carboxylic acids is 1. The summed E-state index contributed by atoms with van der Waals surface area (Å²) in [6.45, 7) is 9.51. The number of nitrogens with one attached hydrogen (secondary N) is 2. The van der Waals surface area contributed by atoms with Gasteiger partial charge in [0.05, 0.1) is 6.10 Å². The molecule has 2 amide bonds. The Morgan fingerprint density at radius 2 is 1.79 bits per heavy atom. The molecule has 0 saturated carbocycles. The average Bonchev–Trinajstić information content (AvgIpc) is 2.58. The van der Waals surface area contributed by atoms with E-state index in [1.54, 1.807) is 0 Å². The lowest BCUT2D eigenvalue weighted by molar-refractivity contribution is 0.144. The molecule has 134 valence electrons. The number of amides is 2. The van der Waals surface area contributed by atoms with Gasteiger partial charge >= 0.3 is 6.03 Å². The molecule has 1 aliphatic heterocycles. The van der Waals surface area contributed by atoms with Gasteiger partial charge in [-0.15, -0.1) is 0 Å². The summed E-state index contributed by atoms with van der Waals surface area (Å²) in [5.74, 6) is 0.813. The van der Waals surface area contributed by atoms with E-state index in [4.69, 9.17) is 0 Å². The predicted octanol–water partition coefficient (Wildman–Crippen LogP) is 2.45. The maximum atomic E-state index is 11.9. The summed E-state index contributed by atoms with van der Waals surface area (Å²) in [5, 5.41) is 15.8. The molecular weight excluding hydrogens is 302 g/mol. The van der Waals surface area contributed by atoms with Crippen LogP contribution in [0.15, 0.2) is 24.3 Å². The lowest BCUT2D eigenvalue weighted by Crippen LogP contribution is -2.47. The summed E-state index contributed by atoms with van der Waals surface area (Å²) in [6, 6.07) is 7.81. The predicted molar refractivity (Wildman–Crippen MR) is 97.0 cm³/mol. The summed E-state index contributed by atoms with van der Waals surface area (Å²) in [6.07, 6.45) is 1.79. The molecule has 24 heavy (non-hydrogen) atoms. The van der Waals surface area contributed by atoms with Crippen LogP contribution in [-0.2, 0) is 0 Å². The summed E-state index contributed by atoms with van der Waals surface area (Å²) < 4.78 is 0. The molecule has 0 aliphatic carbocycles. The normalized spacial score (nSPS) is 18.8. The molecule has 3 N–H and O–H groups in total. The topological polar surface area (TPSA) is 64.6 Å². The number of piperidine rings is 1. The van der Waals surface area contributed by atoms with Gasteiger partial charge in [-0.1, -0.05) is 36.8 Å². The largest absolute Gasteiger partial charge is 0.387 e. The van der Waals surface area contributed by atoms with Crippen LogP contribution in [-0.4, -0.2) is 48.3 Å². The fourth-order valence-corrected chi connectivity index (χ4v) is 3.00. The third-order valence-electron chi connectivity index (χ3n) is 4.92. The van der Waals surface area contributed by atoms with Crippen LogP contribution in [0.5, 0.6) is 0 Å². The second-order valence-corrected chi connectivity index (χ2v) is 7.08. The molecule has 1 aromatic rings. The first-order chi connectivity index (χ1) is 11.5. The Morgan fingerprint density at radius 1 is 1.21 bits per heavy atom. The van der Waals surface area contributed by atoms with E-state index in [0.717, 1.165) is 30.1 Å². The van der Waals surface area contributed by atoms with Gasteiger partial charge in [0.2, 0.25) is 0 Å². The molecule has 1 fully saturated rings. The second kappa shape index (κ2) is 9.04. The summed E-state index contributed by atoms with van der Waals surface area (Å²) >= 11 is 0. The van der Waals surface area contributed by atoms with Gasteiger partial charge in [-0.05, 0) is 51.3 Å². The molecule has 1 heterocycles. The molecule has 1 aromatic carbocycles. The van der Waals surface area contributed by atoms with Crippen molar-refractivity contribution < 1.29 is 9.90 Å².